The van der Waals surface area contributed by atoms with Crippen molar-refractivity contribution >= 4 is 5.69 Å². The molecule has 0 atom stereocenters. The fraction of sp³-hybridized carbons (Fsp3) is 0.471. The van der Waals surface area contributed by atoms with E-state index < -0.39 is 0 Å². The Hall–Kier alpha value is -1.97. The van der Waals surface area contributed by atoms with Crippen LogP contribution in [0.15, 0.2) is 35.1 Å². The largest absolute Gasteiger partial charge is 0.366 e. The van der Waals surface area contributed by atoms with Gasteiger partial charge < -0.3 is 4.90 Å². The van der Waals surface area contributed by atoms with Crippen LogP contribution in [0.5, 0.6) is 0 Å². The second-order valence-electron chi connectivity index (χ2n) is 4.99. The van der Waals surface area contributed by atoms with Crippen molar-refractivity contribution in [3.05, 3.63) is 46.4 Å². The molecule has 0 unspecified atom stereocenters. The topological polar surface area (TPSA) is 30.2 Å². The third-order valence-corrected chi connectivity index (χ3v) is 3.94. The van der Waals surface area contributed by atoms with Crippen LogP contribution in [-0.4, -0.2) is 22.5 Å². The summed E-state index contributed by atoms with van der Waals surface area (Å²) in [7, 11) is 0. The number of benzene rings is 1. The van der Waals surface area contributed by atoms with Gasteiger partial charge in [-0.05, 0) is 39.3 Å². The van der Waals surface area contributed by atoms with Crippen molar-refractivity contribution in [3.63, 3.8) is 0 Å². The number of para-hydroxylation sites is 1. The second-order valence-corrected chi connectivity index (χ2v) is 4.99. The quantitative estimate of drug-likeness (QED) is 0.817. The molecule has 2 aromatic rings. The van der Waals surface area contributed by atoms with E-state index in [9.17, 15) is 4.79 Å². The Morgan fingerprint density at radius 2 is 1.62 bits per heavy atom. The van der Waals surface area contributed by atoms with Crippen molar-refractivity contribution in [2.24, 2.45) is 0 Å². The highest BCUT2D eigenvalue weighted by atomic mass is 16.1. The molecule has 1 aromatic carbocycles. The lowest BCUT2D eigenvalue weighted by Crippen LogP contribution is -2.29. The summed E-state index contributed by atoms with van der Waals surface area (Å²) >= 11 is 0. The molecule has 0 aliphatic carbocycles. The standard InChI is InChI=1S/C17H25N3O/c1-5-15-16(18(6-2)7-3)17(21)20(19(15)8-4)14-12-10-9-11-13-14/h9-13H,5-8H2,1-4H3. The Labute approximate surface area is 126 Å². The van der Waals surface area contributed by atoms with E-state index in [4.69, 9.17) is 0 Å². The molecule has 0 spiro atoms. The predicted octanol–water partition coefficient (Wildman–Crippen LogP) is 3.07. The van der Waals surface area contributed by atoms with Crippen LogP contribution in [0.3, 0.4) is 0 Å². The second kappa shape index (κ2) is 6.66. The highest BCUT2D eigenvalue weighted by molar-refractivity contribution is 5.52. The number of hydrogen-bond donors (Lipinski definition) is 0. The molecular weight excluding hydrogens is 262 g/mol. The molecule has 0 N–H and O–H groups in total. The third kappa shape index (κ3) is 2.62. The molecule has 4 nitrogen and oxygen atoms in total. The lowest BCUT2D eigenvalue weighted by Gasteiger charge is -2.20. The van der Waals surface area contributed by atoms with Crippen molar-refractivity contribution in [1.29, 1.82) is 0 Å². The molecule has 2 rings (SSSR count). The molecule has 1 heterocycles. The fourth-order valence-electron chi connectivity index (χ4n) is 2.94. The molecular formula is C17H25N3O. The minimum absolute atomic E-state index is 0.0867. The molecule has 0 aliphatic rings. The van der Waals surface area contributed by atoms with Gasteiger partial charge in [-0.1, -0.05) is 25.1 Å². The zero-order chi connectivity index (χ0) is 15.4. The van der Waals surface area contributed by atoms with Crippen molar-refractivity contribution in [2.75, 3.05) is 18.0 Å². The summed E-state index contributed by atoms with van der Waals surface area (Å²) in [6.45, 7) is 10.9. The normalized spacial score (nSPS) is 10.9. The van der Waals surface area contributed by atoms with Gasteiger partial charge in [-0.15, -0.1) is 0 Å². The maximum atomic E-state index is 13.0. The van der Waals surface area contributed by atoms with Gasteiger partial charge >= 0.3 is 0 Å². The van der Waals surface area contributed by atoms with Crippen LogP contribution in [-0.2, 0) is 13.0 Å². The highest BCUT2D eigenvalue weighted by Gasteiger charge is 2.22. The molecule has 114 valence electrons. The Morgan fingerprint density at radius 3 is 2.10 bits per heavy atom. The molecule has 0 amide bonds. The van der Waals surface area contributed by atoms with Gasteiger partial charge in [0.05, 0.1) is 11.4 Å². The summed E-state index contributed by atoms with van der Waals surface area (Å²) in [6, 6.07) is 9.88. The molecule has 0 bridgehead atoms. The van der Waals surface area contributed by atoms with Gasteiger partial charge in [0.1, 0.15) is 5.69 Å². The number of hydrogen-bond acceptors (Lipinski definition) is 2. The van der Waals surface area contributed by atoms with Crippen molar-refractivity contribution in [3.8, 4) is 5.69 Å². The van der Waals surface area contributed by atoms with Crippen LogP contribution in [0, 0.1) is 0 Å². The summed E-state index contributed by atoms with van der Waals surface area (Å²) in [5, 5.41) is 0. The Kier molecular flexibility index (Phi) is 4.89. The number of nitrogens with zero attached hydrogens (tertiary/aromatic N) is 3. The maximum absolute atomic E-state index is 13.0. The smallest absolute Gasteiger partial charge is 0.295 e. The van der Waals surface area contributed by atoms with Crippen molar-refractivity contribution < 1.29 is 0 Å². The average molecular weight is 287 g/mol. The van der Waals surface area contributed by atoms with Gasteiger partial charge in [-0.3, -0.25) is 9.48 Å². The van der Waals surface area contributed by atoms with Crippen LogP contribution < -0.4 is 10.5 Å². The molecule has 0 radical (unpaired) electrons. The van der Waals surface area contributed by atoms with Gasteiger partial charge in [0.25, 0.3) is 5.56 Å². The number of rotatable bonds is 6. The molecule has 0 aliphatic heterocycles. The third-order valence-electron chi connectivity index (χ3n) is 3.94. The fourth-order valence-corrected chi connectivity index (χ4v) is 2.94. The minimum Gasteiger partial charge on any atom is -0.366 e. The molecule has 1 aromatic heterocycles. The van der Waals surface area contributed by atoms with Crippen LogP contribution in [0.25, 0.3) is 5.69 Å². The average Bonchev–Trinajstić information content (AvgIpc) is 2.81. The Morgan fingerprint density at radius 1 is 1.00 bits per heavy atom. The van der Waals surface area contributed by atoms with Crippen molar-refractivity contribution in [1.82, 2.24) is 9.36 Å². The molecule has 4 heteroatoms. The van der Waals surface area contributed by atoms with Gasteiger partial charge in [-0.2, -0.15) is 0 Å². The lowest BCUT2D eigenvalue weighted by molar-refractivity contribution is 0.551. The SMILES string of the molecule is CCc1c(N(CC)CC)c(=O)n(-c2ccccc2)n1CC. The van der Waals surface area contributed by atoms with E-state index in [1.54, 1.807) is 0 Å². The number of aromatic nitrogens is 2. The summed E-state index contributed by atoms with van der Waals surface area (Å²) in [5.74, 6) is 0. The van der Waals surface area contributed by atoms with Crippen LogP contribution in [0.1, 0.15) is 33.4 Å². The first kappa shape index (κ1) is 15.4. The summed E-state index contributed by atoms with van der Waals surface area (Å²) < 4.78 is 3.91. The number of anilines is 1. The first-order chi connectivity index (χ1) is 10.2. The molecule has 0 saturated carbocycles. The monoisotopic (exact) mass is 287 g/mol. The summed E-state index contributed by atoms with van der Waals surface area (Å²) in [5.41, 5.74) is 2.99. The van der Waals surface area contributed by atoms with Gasteiger partial charge in [0.2, 0.25) is 0 Å². The first-order valence-corrected chi connectivity index (χ1v) is 7.84. The van der Waals surface area contributed by atoms with Crippen LogP contribution in [0.4, 0.5) is 5.69 Å². The van der Waals surface area contributed by atoms with Gasteiger partial charge in [-0.25, -0.2) is 4.68 Å². The van der Waals surface area contributed by atoms with E-state index in [1.165, 1.54) is 0 Å². The van der Waals surface area contributed by atoms with E-state index in [2.05, 4.69) is 37.3 Å². The molecule has 0 fully saturated rings. The van der Waals surface area contributed by atoms with E-state index in [0.717, 1.165) is 43.1 Å². The maximum Gasteiger partial charge on any atom is 0.295 e. The Bertz CT molecular complexity index is 636. The summed E-state index contributed by atoms with van der Waals surface area (Å²) in [6.07, 6.45) is 0.856. The van der Waals surface area contributed by atoms with E-state index in [-0.39, 0.29) is 5.56 Å². The van der Waals surface area contributed by atoms with E-state index in [0.29, 0.717) is 0 Å². The van der Waals surface area contributed by atoms with Crippen LogP contribution >= 0.6 is 0 Å². The summed E-state index contributed by atoms with van der Waals surface area (Å²) in [4.78, 5) is 15.1. The first-order valence-electron chi connectivity index (χ1n) is 7.84. The minimum atomic E-state index is 0.0867. The predicted molar refractivity (Wildman–Crippen MR) is 88.6 cm³/mol. The van der Waals surface area contributed by atoms with E-state index in [1.807, 2.05) is 35.0 Å². The van der Waals surface area contributed by atoms with Crippen molar-refractivity contribution in [2.45, 2.75) is 40.7 Å². The molecule has 21 heavy (non-hydrogen) atoms. The zero-order valence-corrected chi connectivity index (χ0v) is 13.5. The highest BCUT2D eigenvalue weighted by Crippen LogP contribution is 2.20. The van der Waals surface area contributed by atoms with Crippen LogP contribution in [0.2, 0.25) is 0 Å². The lowest BCUT2D eigenvalue weighted by atomic mass is 10.2. The molecule has 0 saturated heterocycles. The Balaban J connectivity index is 2.75. The van der Waals surface area contributed by atoms with Gasteiger partial charge in [0, 0.05) is 19.6 Å². The zero-order valence-electron chi connectivity index (χ0n) is 13.5. The van der Waals surface area contributed by atoms with Gasteiger partial charge in [0.15, 0.2) is 0 Å². The van der Waals surface area contributed by atoms with E-state index >= 15 is 0 Å².